The van der Waals surface area contributed by atoms with Gasteiger partial charge in [0.15, 0.2) is 5.16 Å². The van der Waals surface area contributed by atoms with Gasteiger partial charge in [0, 0.05) is 17.7 Å². The van der Waals surface area contributed by atoms with Crippen LogP contribution in [-0.4, -0.2) is 27.9 Å². The van der Waals surface area contributed by atoms with Crippen LogP contribution in [0.25, 0.3) is 0 Å². The SMILES string of the molecule is COc1ccc(Cc2nc(SCC(O)c3ccc(F)cc3)[nH]c(=O)c2C)cc1. The minimum atomic E-state index is -0.790. The summed E-state index contributed by atoms with van der Waals surface area (Å²) in [4.78, 5) is 19.6. The topological polar surface area (TPSA) is 75.2 Å². The average Bonchev–Trinajstić information content (AvgIpc) is 2.70. The Kier molecular flexibility index (Phi) is 6.49. The van der Waals surface area contributed by atoms with E-state index >= 15 is 0 Å². The summed E-state index contributed by atoms with van der Waals surface area (Å²) in [5.41, 5.74) is 2.69. The number of H-pyrrole nitrogens is 1. The molecule has 0 aliphatic heterocycles. The van der Waals surface area contributed by atoms with Gasteiger partial charge in [0.1, 0.15) is 11.6 Å². The van der Waals surface area contributed by atoms with Gasteiger partial charge in [-0.15, -0.1) is 0 Å². The number of ether oxygens (including phenoxy) is 1. The van der Waals surface area contributed by atoms with E-state index in [0.29, 0.717) is 34.2 Å². The highest BCUT2D eigenvalue weighted by Gasteiger charge is 2.13. The second-order valence-corrected chi connectivity index (χ2v) is 7.35. The van der Waals surface area contributed by atoms with Crippen LogP contribution in [0.1, 0.15) is 28.5 Å². The summed E-state index contributed by atoms with van der Waals surface area (Å²) in [6.07, 6.45) is -0.268. The lowest BCUT2D eigenvalue weighted by atomic mass is 10.1. The molecule has 0 spiro atoms. The van der Waals surface area contributed by atoms with Gasteiger partial charge in [0.2, 0.25) is 0 Å². The molecule has 5 nitrogen and oxygen atoms in total. The molecule has 3 rings (SSSR count). The number of aromatic amines is 1. The molecule has 1 aromatic heterocycles. The Morgan fingerprint density at radius 1 is 1.18 bits per heavy atom. The van der Waals surface area contributed by atoms with Crippen molar-refractivity contribution in [2.24, 2.45) is 0 Å². The lowest BCUT2D eigenvalue weighted by Crippen LogP contribution is -2.16. The predicted octanol–water partition coefficient (Wildman–Crippen LogP) is 3.64. The standard InChI is InChI=1S/C21H21FN2O3S/c1-13-18(11-14-3-9-17(27-2)10-4-14)23-21(24-20(13)26)28-12-19(25)15-5-7-16(22)8-6-15/h3-10,19,25H,11-12H2,1-2H3,(H,23,24,26). The largest absolute Gasteiger partial charge is 0.497 e. The van der Waals surface area contributed by atoms with Gasteiger partial charge in [0.05, 0.1) is 18.9 Å². The first-order chi connectivity index (χ1) is 13.5. The number of nitrogens with one attached hydrogen (secondary N) is 1. The van der Waals surface area contributed by atoms with Crippen molar-refractivity contribution in [1.29, 1.82) is 0 Å². The number of aliphatic hydroxyl groups is 1. The Labute approximate surface area is 166 Å². The minimum absolute atomic E-state index is 0.197. The molecule has 0 fully saturated rings. The molecule has 0 amide bonds. The van der Waals surface area contributed by atoms with Gasteiger partial charge < -0.3 is 14.8 Å². The Morgan fingerprint density at radius 3 is 2.50 bits per heavy atom. The average molecular weight is 400 g/mol. The maximum absolute atomic E-state index is 13.0. The van der Waals surface area contributed by atoms with Crippen LogP contribution < -0.4 is 10.3 Å². The molecule has 0 radical (unpaired) electrons. The number of rotatable bonds is 7. The molecule has 2 N–H and O–H groups in total. The molecule has 146 valence electrons. The van der Waals surface area contributed by atoms with E-state index in [2.05, 4.69) is 9.97 Å². The number of thioether (sulfide) groups is 1. The van der Waals surface area contributed by atoms with E-state index in [1.807, 2.05) is 24.3 Å². The summed E-state index contributed by atoms with van der Waals surface area (Å²) in [7, 11) is 1.61. The third kappa shape index (κ3) is 4.99. The first-order valence-electron chi connectivity index (χ1n) is 8.75. The molecule has 0 aliphatic rings. The van der Waals surface area contributed by atoms with Crippen LogP contribution in [0.2, 0.25) is 0 Å². The number of aliphatic hydroxyl groups excluding tert-OH is 1. The summed E-state index contributed by atoms with van der Waals surface area (Å²) in [5, 5.41) is 10.7. The highest BCUT2D eigenvalue weighted by atomic mass is 32.2. The Bertz CT molecular complexity index is 988. The Hall–Kier alpha value is -2.64. The van der Waals surface area contributed by atoms with Crippen LogP contribution in [0.15, 0.2) is 58.5 Å². The van der Waals surface area contributed by atoms with Gasteiger partial charge in [-0.3, -0.25) is 4.79 Å². The van der Waals surface area contributed by atoms with Crippen LogP contribution in [0.4, 0.5) is 4.39 Å². The summed E-state index contributed by atoms with van der Waals surface area (Å²) in [5.74, 6) is 0.709. The monoisotopic (exact) mass is 400 g/mol. The number of benzene rings is 2. The molecule has 7 heteroatoms. The van der Waals surface area contributed by atoms with Crippen LogP contribution >= 0.6 is 11.8 Å². The highest BCUT2D eigenvalue weighted by molar-refractivity contribution is 7.99. The fourth-order valence-corrected chi connectivity index (χ4v) is 3.52. The van der Waals surface area contributed by atoms with Crippen LogP contribution in [0.3, 0.4) is 0 Å². The van der Waals surface area contributed by atoms with Gasteiger partial charge in [-0.25, -0.2) is 9.37 Å². The van der Waals surface area contributed by atoms with E-state index in [4.69, 9.17) is 4.74 Å². The van der Waals surface area contributed by atoms with Crippen molar-refractivity contribution >= 4 is 11.8 Å². The van der Waals surface area contributed by atoms with E-state index in [0.717, 1.165) is 11.3 Å². The molecule has 2 aromatic carbocycles. The number of hydrogen-bond donors (Lipinski definition) is 2. The molecule has 1 unspecified atom stereocenters. The summed E-state index contributed by atoms with van der Waals surface area (Å²) in [6, 6.07) is 13.3. The molecule has 1 atom stereocenters. The molecule has 0 saturated heterocycles. The van der Waals surface area contributed by atoms with Gasteiger partial charge >= 0.3 is 0 Å². The third-order valence-electron chi connectivity index (χ3n) is 4.39. The number of nitrogens with zero attached hydrogens (tertiary/aromatic N) is 1. The van der Waals surface area contributed by atoms with Crippen molar-refractivity contribution in [3.63, 3.8) is 0 Å². The normalized spacial score (nSPS) is 12.0. The van der Waals surface area contributed by atoms with E-state index in [1.54, 1.807) is 26.2 Å². The maximum atomic E-state index is 13.0. The number of hydrogen-bond acceptors (Lipinski definition) is 5. The number of methoxy groups -OCH3 is 1. The molecule has 0 aliphatic carbocycles. The van der Waals surface area contributed by atoms with Gasteiger partial charge in [-0.05, 0) is 42.3 Å². The smallest absolute Gasteiger partial charge is 0.254 e. The summed E-state index contributed by atoms with van der Waals surface area (Å²) >= 11 is 1.25. The van der Waals surface area contributed by atoms with E-state index < -0.39 is 6.10 Å². The molecule has 3 aromatic rings. The summed E-state index contributed by atoms with van der Waals surface area (Å²) < 4.78 is 18.2. The molecule has 0 bridgehead atoms. The second-order valence-electron chi connectivity index (χ2n) is 6.35. The van der Waals surface area contributed by atoms with Crippen LogP contribution in [0.5, 0.6) is 5.75 Å². The maximum Gasteiger partial charge on any atom is 0.254 e. The molecule has 0 saturated carbocycles. The predicted molar refractivity (Wildman–Crippen MR) is 107 cm³/mol. The van der Waals surface area contributed by atoms with Crippen molar-refractivity contribution in [1.82, 2.24) is 9.97 Å². The van der Waals surface area contributed by atoms with Crippen molar-refractivity contribution in [2.45, 2.75) is 24.6 Å². The second kappa shape index (κ2) is 9.03. The van der Waals surface area contributed by atoms with Crippen LogP contribution in [-0.2, 0) is 6.42 Å². The molecule has 1 heterocycles. The van der Waals surface area contributed by atoms with Gasteiger partial charge in [-0.2, -0.15) is 0 Å². The minimum Gasteiger partial charge on any atom is -0.497 e. The van der Waals surface area contributed by atoms with Gasteiger partial charge in [0.25, 0.3) is 5.56 Å². The molecular weight excluding hydrogens is 379 g/mol. The van der Waals surface area contributed by atoms with Gasteiger partial charge in [-0.1, -0.05) is 36.0 Å². The fourth-order valence-electron chi connectivity index (χ4n) is 2.67. The highest BCUT2D eigenvalue weighted by Crippen LogP contribution is 2.23. The first kappa shape index (κ1) is 20.1. The molecular formula is C21H21FN2O3S. The first-order valence-corrected chi connectivity index (χ1v) is 9.74. The fraction of sp³-hybridized carbons (Fsp3) is 0.238. The van der Waals surface area contributed by atoms with E-state index in [-0.39, 0.29) is 11.4 Å². The number of halogens is 1. The van der Waals surface area contributed by atoms with Crippen molar-refractivity contribution in [3.8, 4) is 5.75 Å². The van der Waals surface area contributed by atoms with E-state index in [9.17, 15) is 14.3 Å². The quantitative estimate of drug-likeness (QED) is 0.468. The van der Waals surface area contributed by atoms with Crippen molar-refractivity contribution in [2.75, 3.05) is 12.9 Å². The third-order valence-corrected chi connectivity index (χ3v) is 5.34. The lowest BCUT2D eigenvalue weighted by molar-refractivity contribution is 0.204. The summed E-state index contributed by atoms with van der Waals surface area (Å²) in [6.45, 7) is 1.74. The zero-order valence-electron chi connectivity index (χ0n) is 15.6. The van der Waals surface area contributed by atoms with Crippen molar-refractivity contribution in [3.05, 3.63) is 87.1 Å². The Morgan fingerprint density at radius 2 is 1.86 bits per heavy atom. The number of aromatic nitrogens is 2. The van der Waals surface area contributed by atoms with Crippen molar-refractivity contribution < 1.29 is 14.2 Å². The lowest BCUT2D eigenvalue weighted by Gasteiger charge is -2.11. The zero-order chi connectivity index (χ0) is 20.1. The zero-order valence-corrected chi connectivity index (χ0v) is 16.4. The Balaban J connectivity index is 1.73. The molecule has 28 heavy (non-hydrogen) atoms. The van der Waals surface area contributed by atoms with E-state index in [1.165, 1.54) is 23.9 Å². The van der Waals surface area contributed by atoms with Crippen LogP contribution in [0, 0.1) is 12.7 Å².